The van der Waals surface area contributed by atoms with Gasteiger partial charge in [0.25, 0.3) is 0 Å². The van der Waals surface area contributed by atoms with Gasteiger partial charge in [-0.15, -0.1) is 0 Å². The van der Waals surface area contributed by atoms with Gasteiger partial charge >= 0.3 is 0 Å². The highest BCUT2D eigenvalue weighted by atomic mass is 16.5. The number of ether oxygens (including phenoxy) is 2. The maximum Gasteiger partial charge on any atom is 0.122 e. The minimum absolute atomic E-state index is 0.0646. The maximum absolute atomic E-state index is 9.49. The molecule has 2 aromatic rings. The number of aryl methyl sites for hydroxylation is 1. The predicted octanol–water partition coefficient (Wildman–Crippen LogP) is 6.06. The predicted molar refractivity (Wildman–Crippen MR) is 154 cm³/mol. The Morgan fingerprint density at radius 1 is 0.658 bits per heavy atom. The van der Waals surface area contributed by atoms with Gasteiger partial charge in [0.1, 0.15) is 24.2 Å². The largest absolute Gasteiger partial charge is 0.493 e. The van der Waals surface area contributed by atoms with E-state index in [-0.39, 0.29) is 19.8 Å². The number of hydrogen-bond donors (Lipinski definition) is 4. The molecule has 0 heterocycles. The van der Waals surface area contributed by atoms with Crippen LogP contribution in [0.4, 0.5) is 0 Å². The monoisotopic (exact) mass is 530 g/mol. The van der Waals surface area contributed by atoms with Gasteiger partial charge in [0.15, 0.2) is 0 Å². The van der Waals surface area contributed by atoms with Crippen molar-refractivity contribution >= 4 is 0 Å². The lowest BCUT2D eigenvalue weighted by atomic mass is 9.98. The Labute approximate surface area is 229 Å². The van der Waals surface area contributed by atoms with E-state index in [0.29, 0.717) is 18.8 Å². The molecule has 2 atom stereocenters. The SMILES string of the molecule is CCCCCCCCCc1cc(-c2ccc(OCC(O)CO)cc2)ccc1OCCCCCCC(O)CO. The molecule has 2 unspecified atom stereocenters. The Morgan fingerprint density at radius 2 is 1.29 bits per heavy atom. The molecule has 0 saturated heterocycles. The summed E-state index contributed by atoms with van der Waals surface area (Å²) in [6.45, 7) is 2.52. The van der Waals surface area contributed by atoms with Crippen LogP contribution in [-0.2, 0) is 6.42 Å². The highest BCUT2D eigenvalue weighted by molar-refractivity contribution is 5.66. The van der Waals surface area contributed by atoms with Crippen molar-refractivity contribution in [3.8, 4) is 22.6 Å². The van der Waals surface area contributed by atoms with E-state index in [4.69, 9.17) is 19.7 Å². The molecule has 0 aliphatic heterocycles. The molecule has 0 aliphatic rings. The molecule has 0 saturated carbocycles. The molecule has 6 nitrogen and oxygen atoms in total. The van der Waals surface area contributed by atoms with E-state index < -0.39 is 12.2 Å². The standard InChI is InChI=1S/C32H50O6/c1-2-3-4-5-6-7-10-13-28-22-27(26-15-18-31(19-16-26)38-25-30(36)24-34)17-20-32(28)37-21-12-9-8-11-14-29(35)23-33/h15-20,22,29-30,33-36H,2-14,21,23-25H2,1H3. The fourth-order valence-corrected chi connectivity index (χ4v) is 4.47. The molecule has 0 amide bonds. The number of aliphatic hydroxyl groups excluding tert-OH is 4. The third-order valence-corrected chi connectivity index (χ3v) is 6.85. The van der Waals surface area contributed by atoms with E-state index in [2.05, 4.69) is 25.1 Å². The van der Waals surface area contributed by atoms with Crippen molar-refractivity contribution in [2.75, 3.05) is 26.4 Å². The van der Waals surface area contributed by atoms with Crippen molar-refractivity contribution in [3.05, 3.63) is 48.0 Å². The van der Waals surface area contributed by atoms with Gasteiger partial charge in [-0.05, 0) is 66.6 Å². The summed E-state index contributed by atoms with van der Waals surface area (Å²) in [5, 5.41) is 36.8. The fraction of sp³-hybridized carbons (Fsp3) is 0.625. The van der Waals surface area contributed by atoms with Crippen molar-refractivity contribution in [1.29, 1.82) is 0 Å². The van der Waals surface area contributed by atoms with Crippen molar-refractivity contribution in [2.24, 2.45) is 0 Å². The van der Waals surface area contributed by atoms with Crippen molar-refractivity contribution < 1.29 is 29.9 Å². The molecule has 0 radical (unpaired) electrons. The Balaban J connectivity index is 1.94. The Morgan fingerprint density at radius 3 is 2.00 bits per heavy atom. The quantitative estimate of drug-likeness (QED) is 0.138. The minimum Gasteiger partial charge on any atom is -0.493 e. The summed E-state index contributed by atoms with van der Waals surface area (Å²) < 4.78 is 11.8. The summed E-state index contributed by atoms with van der Waals surface area (Å²) in [5.41, 5.74) is 3.48. The maximum atomic E-state index is 9.49. The first-order valence-electron chi connectivity index (χ1n) is 14.6. The summed E-state index contributed by atoms with van der Waals surface area (Å²) in [7, 11) is 0. The Hall–Kier alpha value is -2.12. The normalized spacial score (nSPS) is 12.9. The first-order valence-corrected chi connectivity index (χ1v) is 14.6. The third kappa shape index (κ3) is 13.1. The second kappa shape index (κ2) is 19.9. The van der Waals surface area contributed by atoms with E-state index in [0.717, 1.165) is 55.4 Å². The molecule has 0 aromatic heterocycles. The van der Waals surface area contributed by atoms with Crippen LogP contribution < -0.4 is 9.47 Å². The smallest absolute Gasteiger partial charge is 0.122 e. The highest BCUT2D eigenvalue weighted by Gasteiger charge is 2.09. The van der Waals surface area contributed by atoms with Gasteiger partial charge in [0, 0.05) is 0 Å². The average Bonchev–Trinajstić information content (AvgIpc) is 2.95. The lowest BCUT2D eigenvalue weighted by Gasteiger charge is -2.15. The van der Waals surface area contributed by atoms with Gasteiger partial charge in [-0.25, -0.2) is 0 Å². The summed E-state index contributed by atoms with van der Waals surface area (Å²) in [5.74, 6) is 1.63. The van der Waals surface area contributed by atoms with Crippen molar-refractivity contribution in [2.45, 2.75) is 103 Å². The topological polar surface area (TPSA) is 99.4 Å². The Kier molecular flexibility index (Phi) is 16.8. The molecule has 0 spiro atoms. The summed E-state index contributed by atoms with van der Waals surface area (Å²) in [6.07, 6.45) is 13.1. The number of hydrogen-bond acceptors (Lipinski definition) is 6. The highest BCUT2D eigenvalue weighted by Crippen LogP contribution is 2.30. The number of benzene rings is 2. The second-order valence-corrected chi connectivity index (χ2v) is 10.3. The molecule has 2 aromatic carbocycles. The summed E-state index contributed by atoms with van der Waals surface area (Å²) in [6, 6.07) is 14.2. The van der Waals surface area contributed by atoms with Crippen LogP contribution in [0, 0.1) is 0 Å². The lowest BCUT2D eigenvalue weighted by molar-refractivity contribution is 0.0536. The molecular weight excluding hydrogens is 480 g/mol. The van der Waals surface area contributed by atoms with Crippen LogP contribution in [-0.4, -0.2) is 59.1 Å². The zero-order valence-corrected chi connectivity index (χ0v) is 23.3. The van der Waals surface area contributed by atoms with Gasteiger partial charge in [-0.2, -0.15) is 0 Å². The Bertz CT molecular complexity index is 854. The van der Waals surface area contributed by atoms with Gasteiger partial charge < -0.3 is 29.9 Å². The molecule has 6 heteroatoms. The first-order chi connectivity index (χ1) is 18.6. The van der Waals surface area contributed by atoms with Crippen molar-refractivity contribution in [3.63, 3.8) is 0 Å². The molecule has 2 rings (SSSR count). The summed E-state index contributed by atoms with van der Waals surface area (Å²) >= 11 is 0. The zero-order chi connectivity index (χ0) is 27.4. The number of unbranched alkanes of at least 4 members (excludes halogenated alkanes) is 9. The van der Waals surface area contributed by atoms with Crippen LogP contribution in [0.1, 0.15) is 89.5 Å². The zero-order valence-electron chi connectivity index (χ0n) is 23.3. The van der Waals surface area contributed by atoms with E-state index >= 15 is 0 Å². The van der Waals surface area contributed by atoms with Crippen LogP contribution in [0.3, 0.4) is 0 Å². The molecule has 4 N–H and O–H groups in total. The van der Waals surface area contributed by atoms with Crippen LogP contribution in [0.15, 0.2) is 42.5 Å². The number of aliphatic hydroxyl groups is 4. The molecule has 0 fully saturated rings. The molecule has 0 bridgehead atoms. The van der Waals surface area contributed by atoms with E-state index in [9.17, 15) is 10.2 Å². The van der Waals surface area contributed by atoms with Gasteiger partial charge in [0.05, 0.1) is 25.9 Å². The number of rotatable bonds is 22. The van der Waals surface area contributed by atoms with Crippen LogP contribution in [0.25, 0.3) is 11.1 Å². The second-order valence-electron chi connectivity index (χ2n) is 10.3. The van der Waals surface area contributed by atoms with Gasteiger partial charge in [0.2, 0.25) is 0 Å². The fourth-order valence-electron chi connectivity index (χ4n) is 4.47. The van der Waals surface area contributed by atoms with Crippen molar-refractivity contribution in [1.82, 2.24) is 0 Å². The summed E-state index contributed by atoms with van der Waals surface area (Å²) in [4.78, 5) is 0. The molecular formula is C32H50O6. The third-order valence-electron chi connectivity index (χ3n) is 6.85. The molecule has 38 heavy (non-hydrogen) atoms. The minimum atomic E-state index is -0.879. The molecule has 0 aliphatic carbocycles. The van der Waals surface area contributed by atoms with Gasteiger partial charge in [-0.1, -0.05) is 82.9 Å². The van der Waals surface area contributed by atoms with E-state index in [1.54, 1.807) is 0 Å². The van der Waals surface area contributed by atoms with Crippen LogP contribution >= 0.6 is 0 Å². The van der Waals surface area contributed by atoms with Gasteiger partial charge in [-0.3, -0.25) is 0 Å². The average molecular weight is 531 g/mol. The molecule has 214 valence electrons. The van der Waals surface area contributed by atoms with Crippen LogP contribution in [0.5, 0.6) is 11.5 Å². The first kappa shape index (κ1) is 32.1. The van der Waals surface area contributed by atoms with E-state index in [1.165, 1.54) is 44.1 Å². The lowest BCUT2D eigenvalue weighted by Crippen LogP contribution is -2.21. The van der Waals surface area contributed by atoms with Crippen LogP contribution in [0.2, 0.25) is 0 Å². The van der Waals surface area contributed by atoms with E-state index in [1.807, 2.05) is 24.3 Å².